The van der Waals surface area contributed by atoms with E-state index in [1.165, 1.54) is 0 Å². The fourth-order valence-corrected chi connectivity index (χ4v) is 4.36. The lowest BCUT2D eigenvalue weighted by Crippen LogP contribution is -2.27. The molecule has 1 aliphatic heterocycles. The Bertz CT molecular complexity index is 1480. The zero-order chi connectivity index (χ0) is 22.0. The standard InChI is InChI=1S/C24H20F2N6/c1-14-29-30-23-28-22(20-18(32(14)23)6-5-17(25)21(20)26)31-11-3-4-16-15(12-27-13-19(16)31)7-8-24(2)9-10-24/h5-6,12-13H,3-4,9-11H2,1-2H3. The molecule has 6 nitrogen and oxygen atoms in total. The molecule has 1 fully saturated rings. The van der Waals surface area contributed by atoms with Gasteiger partial charge in [0.2, 0.25) is 0 Å². The first-order chi connectivity index (χ1) is 15.5. The molecule has 1 saturated carbocycles. The molecule has 0 unspecified atom stereocenters. The van der Waals surface area contributed by atoms with Crippen molar-refractivity contribution in [3.63, 3.8) is 0 Å². The third-order valence-corrected chi connectivity index (χ3v) is 6.44. The molecule has 0 N–H and O–H groups in total. The van der Waals surface area contributed by atoms with Crippen LogP contribution in [0, 0.1) is 35.8 Å². The highest BCUT2D eigenvalue weighted by atomic mass is 19.2. The zero-order valence-corrected chi connectivity index (χ0v) is 17.8. The topological polar surface area (TPSA) is 59.2 Å². The largest absolute Gasteiger partial charge is 0.324 e. The number of pyridine rings is 1. The van der Waals surface area contributed by atoms with Gasteiger partial charge in [-0.3, -0.25) is 9.38 Å². The molecule has 0 atom stereocenters. The Morgan fingerprint density at radius 1 is 1.12 bits per heavy atom. The van der Waals surface area contributed by atoms with Crippen LogP contribution in [0.4, 0.5) is 20.3 Å². The molecule has 0 saturated heterocycles. The van der Waals surface area contributed by atoms with Crippen LogP contribution < -0.4 is 4.90 Å². The van der Waals surface area contributed by atoms with Crippen molar-refractivity contribution in [3.05, 3.63) is 53.1 Å². The predicted octanol–water partition coefficient (Wildman–Crippen LogP) is 4.50. The maximum absolute atomic E-state index is 15.2. The minimum Gasteiger partial charge on any atom is -0.324 e. The second kappa shape index (κ2) is 6.70. The summed E-state index contributed by atoms with van der Waals surface area (Å²) in [5.74, 6) is 6.06. The molecule has 1 aliphatic carbocycles. The van der Waals surface area contributed by atoms with E-state index in [0.29, 0.717) is 29.5 Å². The molecule has 8 heteroatoms. The number of halogens is 2. The molecule has 1 aromatic carbocycles. The number of anilines is 2. The van der Waals surface area contributed by atoms with E-state index in [9.17, 15) is 4.39 Å². The van der Waals surface area contributed by atoms with Crippen LogP contribution in [0.1, 0.15) is 43.1 Å². The summed E-state index contributed by atoms with van der Waals surface area (Å²) in [4.78, 5) is 10.9. The van der Waals surface area contributed by atoms with Gasteiger partial charge in [0, 0.05) is 23.7 Å². The lowest BCUT2D eigenvalue weighted by atomic mass is 9.97. The molecule has 3 aromatic heterocycles. The molecule has 32 heavy (non-hydrogen) atoms. The van der Waals surface area contributed by atoms with E-state index < -0.39 is 11.6 Å². The molecule has 160 valence electrons. The average molecular weight is 430 g/mol. The molecule has 0 amide bonds. The van der Waals surface area contributed by atoms with E-state index in [2.05, 4.69) is 38.9 Å². The van der Waals surface area contributed by atoms with Crippen molar-refractivity contribution in [2.45, 2.75) is 39.5 Å². The molecule has 4 heterocycles. The van der Waals surface area contributed by atoms with Gasteiger partial charge in [0.05, 0.1) is 22.8 Å². The van der Waals surface area contributed by atoms with E-state index in [0.717, 1.165) is 48.6 Å². The molecular weight excluding hydrogens is 410 g/mol. The van der Waals surface area contributed by atoms with Gasteiger partial charge in [0.1, 0.15) is 11.6 Å². The number of aromatic nitrogens is 5. The van der Waals surface area contributed by atoms with Crippen LogP contribution in [0.2, 0.25) is 0 Å². The van der Waals surface area contributed by atoms with Gasteiger partial charge in [-0.1, -0.05) is 11.8 Å². The van der Waals surface area contributed by atoms with Crippen LogP contribution in [-0.2, 0) is 6.42 Å². The highest BCUT2D eigenvalue weighted by molar-refractivity contribution is 5.94. The van der Waals surface area contributed by atoms with Crippen molar-refractivity contribution in [2.75, 3.05) is 11.4 Å². The SMILES string of the molecule is Cc1nnc2nc(N3CCCc4c(C#CC5(C)CC5)cncc43)c3c(F)c(F)ccc3n12. The van der Waals surface area contributed by atoms with Crippen molar-refractivity contribution >= 4 is 28.2 Å². The molecule has 6 rings (SSSR count). The summed E-state index contributed by atoms with van der Waals surface area (Å²) in [6, 6.07) is 2.67. The van der Waals surface area contributed by atoms with Gasteiger partial charge in [0.15, 0.2) is 11.6 Å². The number of fused-ring (bicyclic) bond motifs is 4. The maximum atomic E-state index is 15.2. The Labute approximate surface area is 183 Å². The van der Waals surface area contributed by atoms with Crippen LogP contribution >= 0.6 is 0 Å². The summed E-state index contributed by atoms with van der Waals surface area (Å²) < 4.78 is 31.1. The van der Waals surface area contributed by atoms with Crippen LogP contribution in [0.15, 0.2) is 24.5 Å². The maximum Gasteiger partial charge on any atom is 0.257 e. The van der Waals surface area contributed by atoms with E-state index >= 15 is 4.39 Å². The van der Waals surface area contributed by atoms with E-state index in [4.69, 9.17) is 0 Å². The summed E-state index contributed by atoms with van der Waals surface area (Å²) in [5.41, 5.74) is 3.35. The van der Waals surface area contributed by atoms with Crippen molar-refractivity contribution in [3.8, 4) is 11.8 Å². The molecule has 0 radical (unpaired) electrons. The smallest absolute Gasteiger partial charge is 0.257 e. The van der Waals surface area contributed by atoms with Crippen molar-refractivity contribution in [2.24, 2.45) is 5.41 Å². The highest BCUT2D eigenvalue weighted by Crippen LogP contribution is 2.44. The van der Waals surface area contributed by atoms with E-state index in [-0.39, 0.29) is 10.8 Å². The van der Waals surface area contributed by atoms with Gasteiger partial charge in [-0.15, -0.1) is 10.2 Å². The first-order valence-electron chi connectivity index (χ1n) is 10.7. The van der Waals surface area contributed by atoms with E-state index in [1.54, 1.807) is 29.8 Å². The van der Waals surface area contributed by atoms with Crippen molar-refractivity contribution in [1.29, 1.82) is 0 Å². The summed E-state index contributed by atoms with van der Waals surface area (Å²) in [7, 11) is 0. The second-order valence-corrected chi connectivity index (χ2v) is 8.82. The van der Waals surface area contributed by atoms with Gasteiger partial charge >= 0.3 is 0 Å². The number of hydrogen-bond donors (Lipinski definition) is 0. The Morgan fingerprint density at radius 2 is 1.97 bits per heavy atom. The second-order valence-electron chi connectivity index (χ2n) is 8.82. The van der Waals surface area contributed by atoms with Gasteiger partial charge in [0.25, 0.3) is 5.78 Å². The average Bonchev–Trinajstić information content (AvgIpc) is 3.42. The minimum absolute atomic E-state index is 0.103. The third kappa shape index (κ3) is 2.84. The highest BCUT2D eigenvalue weighted by Gasteiger charge is 2.35. The first-order valence-corrected chi connectivity index (χ1v) is 10.7. The minimum atomic E-state index is -0.933. The summed E-state index contributed by atoms with van der Waals surface area (Å²) in [6.45, 7) is 4.52. The van der Waals surface area contributed by atoms with Crippen molar-refractivity contribution < 1.29 is 8.78 Å². The van der Waals surface area contributed by atoms with Gasteiger partial charge in [-0.05, 0) is 57.2 Å². The van der Waals surface area contributed by atoms with Gasteiger partial charge in [-0.25, -0.2) is 8.78 Å². The van der Waals surface area contributed by atoms with Gasteiger partial charge < -0.3 is 4.90 Å². The quantitative estimate of drug-likeness (QED) is 0.417. The molecule has 4 aromatic rings. The van der Waals surface area contributed by atoms with Crippen LogP contribution in [0.5, 0.6) is 0 Å². The summed E-state index contributed by atoms with van der Waals surface area (Å²) >= 11 is 0. The Balaban J connectivity index is 1.59. The Hall–Kier alpha value is -3.60. The number of benzene rings is 1. The lowest BCUT2D eigenvalue weighted by molar-refractivity contribution is 0.516. The van der Waals surface area contributed by atoms with Crippen LogP contribution in [0.25, 0.3) is 16.7 Å². The van der Waals surface area contributed by atoms with Crippen LogP contribution in [0.3, 0.4) is 0 Å². The Kier molecular flexibility index (Phi) is 4.00. The predicted molar refractivity (Wildman–Crippen MR) is 117 cm³/mol. The number of rotatable bonds is 1. The van der Waals surface area contributed by atoms with Crippen molar-refractivity contribution in [1.82, 2.24) is 24.6 Å². The molecule has 0 bridgehead atoms. The normalized spacial score (nSPS) is 16.7. The Morgan fingerprint density at radius 3 is 2.78 bits per heavy atom. The van der Waals surface area contributed by atoms with E-state index in [1.807, 2.05) is 4.90 Å². The lowest BCUT2D eigenvalue weighted by Gasteiger charge is -2.31. The zero-order valence-electron chi connectivity index (χ0n) is 17.8. The molecule has 0 spiro atoms. The van der Waals surface area contributed by atoms with Crippen LogP contribution in [-0.4, -0.2) is 31.1 Å². The first kappa shape index (κ1) is 19.1. The number of nitrogens with zero attached hydrogens (tertiary/aromatic N) is 6. The molecule has 2 aliphatic rings. The number of hydrogen-bond acceptors (Lipinski definition) is 5. The summed E-state index contributed by atoms with van der Waals surface area (Å²) in [6.07, 6.45) is 7.46. The molecular formula is C24H20F2N6. The summed E-state index contributed by atoms with van der Waals surface area (Å²) in [5, 5.41) is 8.32. The third-order valence-electron chi connectivity index (χ3n) is 6.44. The fraction of sp³-hybridized carbons (Fsp3) is 0.333. The number of aryl methyl sites for hydroxylation is 1. The van der Waals surface area contributed by atoms with Gasteiger partial charge in [-0.2, -0.15) is 4.98 Å². The monoisotopic (exact) mass is 430 g/mol. The fourth-order valence-electron chi connectivity index (χ4n) is 4.36.